The summed E-state index contributed by atoms with van der Waals surface area (Å²) in [5.41, 5.74) is -1.30. The fourth-order valence-corrected chi connectivity index (χ4v) is 1.41. The first-order valence-electron chi connectivity index (χ1n) is 6.41. The Hall–Kier alpha value is -2.25. The van der Waals surface area contributed by atoms with E-state index in [1.54, 1.807) is 20.8 Å². The van der Waals surface area contributed by atoms with E-state index >= 15 is 0 Å². The molecular weight excluding hydrogens is 301 g/mol. The second-order valence-electron chi connectivity index (χ2n) is 5.48. The summed E-state index contributed by atoms with van der Waals surface area (Å²) >= 11 is 0. The molecule has 1 aromatic carbocycles. The van der Waals surface area contributed by atoms with Gasteiger partial charge in [-0.3, -0.25) is 4.79 Å². The van der Waals surface area contributed by atoms with Gasteiger partial charge in [-0.15, -0.1) is 0 Å². The summed E-state index contributed by atoms with van der Waals surface area (Å²) in [7, 11) is 0. The molecule has 0 aliphatic rings. The van der Waals surface area contributed by atoms with Crippen LogP contribution in [0.4, 0.5) is 23.7 Å². The summed E-state index contributed by atoms with van der Waals surface area (Å²) < 4.78 is 42.1. The largest absolute Gasteiger partial charge is 0.444 e. The lowest BCUT2D eigenvalue weighted by Gasteiger charge is -2.19. The van der Waals surface area contributed by atoms with Crippen molar-refractivity contribution in [3.63, 3.8) is 0 Å². The van der Waals surface area contributed by atoms with Crippen LogP contribution in [0.5, 0.6) is 0 Å². The number of hydrogen-bond donors (Lipinski definition) is 2. The van der Waals surface area contributed by atoms with Gasteiger partial charge in [0.2, 0.25) is 5.91 Å². The number of rotatable bonds is 3. The van der Waals surface area contributed by atoms with Gasteiger partial charge in [0.15, 0.2) is 0 Å². The topological polar surface area (TPSA) is 67.4 Å². The molecule has 122 valence electrons. The van der Waals surface area contributed by atoms with Crippen LogP contribution < -0.4 is 10.6 Å². The molecule has 1 aromatic rings. The molecule has 0 spiro atoms. The molecule has 0 aliphatic carbocycles. The van der Waals surface area contributed by atoms with Crippen LogP contribution in [0.3, 0.4) is 0 Å². The van der Waals surface area contributed by atoms with E-state index in [9.17, 15) is 22.8 Å². The Labute approximate surface area is 125 Å². The van der Waals surface area contributed by atoms with Crippen LogP contribution in [0.25, 0.3) is 0 Å². The van der Waals surface area contributed by atoms with Crippen LogP contribution in [0.2, 0.25) is 0 Å². The Balaban J connectivity index is 2.47. The minimum absolute atomic E-state index is 0.198. The van der Waals surface area contributed by atoms with Crippen molar-refractivity contribution in [2.45, 2.75) is 32.5 Å². The average Bonchev–Trinajstić information content (AvgIpc) is 2.34. The van der Waals surface area contributed by atoms with E-state index in [0.29, 0.717) is 0 Å². The van der Waals surface area contributed by atoms with Gasteiger partial charge in [-0.25, -0.2) is 4.79 Å². The Kier molecular flexibility index (Phi) is 5.40. The molecular formula is C14H17F3N2O3. The number of ether oxygens (including phenoxy) is 1. The third-order valence-electron chi connectivity index (χ3n) is 2.29. The van der Waals surface area contributed by atoms with Crippen molar-refractivity contribution in [1.82, 2.24) is 5.32 Å². The first-order valence-corrected chi connectivity index (χ1v) is 6.41. The Bertz CT molecular complexity index is 534. The molecule has 0 saturated carbocycles. The number of carbonyl (C=O) groups is 2. The van der Waals surface area contributed by atoms with Crippen LogP contribution in [0.1, 0.15) is 26.3 Å². The summed E-state index contributed by atoms with van der Waals surface area (Å²) in [6.45, 7) is 4.68. The van der Waals surface area contributed by atoms with Gasteiger partial charge in [-0.2, -0.15) is 13.2 Å². The fraction of sp³-hybridized carbons (Fsp3) is 0.429. The van der Waals surface area contributed by atoms with Crippen molar-refractivity contribution in [2.24, 2.45) is 0 Å². The van der Waals surface area contributed by atoms with Gasteiger partial charge in [0.1, 0.15) is 12.1 Å². The predicted molar refractivity (Wildman–Crippen MR) is 74.3 cm³/mol. The van der Waals surface area contributed by atoms with Crippen molar-refractivity contribution in [3.8, 4) is 0 Å². The van der Waals surface area contributed by atoms with Crippen molar-refractivity contribution in [3.05, 3.63) is 29.8 Å². The fourth-order valence-electron chi connectivity index (χ4n) is 1.41. The zero-order valence-electron chi connectivity index (χ0n) is 12.4. The second kappa shape index (κ2) is 6.67. The molecule has 8 heteroatoms. The number of anilines is 1. The number of hydrogen-bond acceptors (Lipinski definition) is 3. The standard InChI is InChI=1S/C14H17F3N2O3/c1-13(2,3)22-12(21)18-8-11(20)19-10-6-4-9(5-7-10)14(15,16)17/h4-7H,8H2,1-3H3,(H,18,21)(H,19,20). The Morgan fingerprint density at radius 3 is 2.09 bits per heavy atom. The van der Waals surface area contributed by atoms with Crippen LogP contribution in [-0.4, -0.2) is 24.1 Å². The number of halogens is 3. The molecule has 22 heavy (non-hydrogen) atoms. The number of carbonyl (C=O) groups excluding carboxylic acids is 2. The number of amides is 2. The monoisotopic (exact) mass is 318 g/mol. The summed E-state index contributed by atoms with van der Waals surface area (Å²) in [4.78, 5) is 22.9. The normalized spacial score (nSPS) is 11.7. The smallest absolute Gasteiger partial charge is 0.416 e. The van der Waals surface area contributed by atoms with E-state index in [1.165, 1.54) is 0 Å². The van der Waals surface area contributed by atoms with Crippen LogP contribution in [0.15, 0.2) is 24.3 Å². The van der Waals surface area contributed by atoms with Crippen LogP contribution in [0, 0.1) is 0 Å². The molecule has 2 amide bonds. The first-order chi connectivity index (χ1) is 9.97. The van der Waals surface area contributed by atoms with Crippen molar-refractivity contribution in [2.75, 3.05) is 11.9 Å². The number of benzene rings is 1. The molecule has 0 unspecified atom stereocenters. The van der Waals surface area contributed by atoms with E-state index in [4.69, 9.17) is 4.74 Å². The number of alkyl carbamates (subject to hydrolysis) is 1. The van der Waals surface area contributed by atoms with Gasteiger partial charge in [0.05, 0.1) is 5.56 Å². The highest BCUT2D eigenvalue weighted by molar-refractivity contribution is 5.93. The van der Waals surface area contributed by atoms with E-state index in [1.807, 2.05) is 0 Å². The molecule has 1 rings (SSSR count). The number of nitrogens with one attached hydrogen (secondary N) is 2. The number of alkyl halides is 3. The molecule has 0 fully saturated rings. The van der Waals surface area contributed by atoms with Crippen molar-refractivity contribution < 1.29 is 27.5 Å². The third-order valence-corrected chi connectivity index (χ3v) is 2.29. The van der Waals surface area contributed by atoms with E-state index in [0.717, 1.165) is 24.3 Å². The van der Waals surface area contributed by atoms with Gasteiger partial charge in [-0.1, -0.05) is 0 Å². The zero-order valence-corrected chi connectivity index (χ0v) is 12.4. The maximum Gasteiger partial charge on any atom is 0.416 e. The quantitative estimate of drug-likeness (QED) is 0.899. The molecule has 0 atom stereocenters. The van der Waals surface area contributed by atoms with Gasteiger partial charge in [-0.05, 0) is 45.0 Å². The highest BCUT2D eigenvalue weighted by Gasteiger charge is 2.30. The molecule has 0 bridgehead atoms. The van der Waals surface area contributed by atoms with Crippen molar-refractivity contribution in [1.29, 1.82) is 0 Å². The molecule has 0 heterocycles. The summed E-state index contributed by atoms with van der Waals surface area (Å²) in [6, 6.07) is 3.98. The lowest BCUT2D eigenvalue weighted by Crippen LogP contribution is -2.37. The SMILES string of the molecule is CC(C)(C)OC(=O)NCC(=O)Nc1ccc(C(F)(F)F)cc1. The van der Waals surface area contributed by atoms with Gasteiger partial charge in [0.25, 0.3) is 0 Å². The molecule has 0 saturated heterocycles. The highest BCUT2D eigenvalue weighted by Crippen LogP contribution is 2.29. The molecule has 5 nitrogen and oxygen atoms in total. The average molecular weight is 318 g/mol. The second-order valence-corrected chi connectivity index (χ2v) is 5.48. The summed E-state index contributed by atoms with van der Waals surface area (Å²) in [6.07, 6.45) is -5.18. The zero-order chi connectivity index (χ0) is 17.0. The molecule has 0 aliphatic heterocycles. The maximum atomic E-state index is 12.4. The summed E-state index contributed by atoms with van der Waals surface area (Å²) in [5.74, 6) is -0.578. The molecule has 0 aromatic heterocycles. The van der Waals surface area contributed by atoms with Gasteiger partial charge >= 0.3 is 12.3 Å². The minimum atomic E-state index is -4.43. The minimum Gasteiger partial charge on any atom is -0.444 e. The van der Waals surface area contributed by atoms with E-state index in [-0.39, 0.29) is 12.2 Å². The van der Waals surface area contributed by atoms with E-state index in [2.05, 4.69) is 10.6 Å². The highest BCUT2D eigenvalue weighted by atomic mass is 19.4. The predicted octanol–water partition coefficient (Wildman–Crippen LogP) is 3.17. The van der Waals surface area contributed by atoms with Gasteiger partial charge < -0.3 is 15.4 Å². The first kappa shape index (κ1) is 17.8. The maximum absolute atomic E-state index is 12.4. The van der Waals surface area contributed by atoms with E-state index < -0.39 is 29.3 Å². The summed E-state index contributed by atoms with van der Waals surface area (Å²) in [5, 5.41) is 4.60. The third kappa shape index (κ3) is 6.47. The van der Waals surface area contributed by atoms with Crippen LogP contribution in [-0.2, 0) is 15.7 Å². The lowest BCUT2D eigenvalue weighted by atomic mass is 10.2. The lowest BCUT2D eigenvalue weighted by molar-refractivity contribution is -0.137. The molecule has 2 N–H and O–H groups in total. The van der Waals surface area contributed by atoms with Crippen LogP contribution >= 0.6 is 0 Å². The Morgan fingerprint density at radius 1 is 1.09 bits per heavy atom. The Morgan fingerprint density at radius 2 is 1.64 bits per heavy atom. The molecule has 0 radical (unpaired) electrons. The van der Waals surface area contributed by atoms with Crippen molar-refractivity contribution >= 4 is 17.7 Å². The van der Waals surface area contributed by atoms with Gasteiger partial charge in [0, 0.05) is 5.69 Å².